The van der Waals surface area contributed by atoms with E-state index in [-0.39, 0.29) is 17.7 Å². The average Bonchev–Trinajstić information content (AvgIpc) is 2.59. The minimum atomic E-state index is -1.70. The van der Waals surface area contributed by atoms with E-state index < -0.39 is 45.9 Å². The van der Waals surface area contributed by atoms with E-state index in [9.17, 15) is 29.6 Å². The van der Waals surface area contributed by atoms with Gasteiger partial charge in [0.15, 0.2) is 0 Å². The first kappa shape index (κ1) is 19.5. The van der Waals surface area contributed by atoms with Crippen molar-refractivity contribution in [1.29, 1.82) is 0 Å². The van der Waals surface area contributed by atoms with Gasteiger partial charge in [-0.15, -0.1) is 0 Å². The Bertz CT molecular complexity index is 761. The van der Waals surface area contributed by atoms with Gasteiger partial charge < -0.3 is 15.7 Å². The van der Waals surface area contributed by atoms with E-state index in [4.69, 9.17) is 0 Å². The number of non-ortho nitro benzene ring substituents is 1. The molecular formula is C17H21N3O6. The van der Waals surface area contributed by atoms with E-state index in [1.807, 2.05) is 0 Å². The highest BCUT2D eigenvalue weighted by atomic mass is 16.6. The van der Waals surface area contributed by atoms with Gasteiger partial charge in [-0.2, -0.15) is 0 Å². The Morgan fingerprint density at radius 2 is 1.88 bits per heavy atom. The summed E-state index contributed by atoms with van der Waals surface area (Å²) in [5.74, 6) is -5.07. The number of nitro groups is 1. The maximum atomic E-state index is 12.6. The van der Waals surface area contributed by atoms with Crippen molar-refractivity contribution in [2.75, 3.05) is 14.1 Å². The first-order chi connectivity index (χ1) is 12.1. The second-order valence-electron chi connectivity index (χ2n) is 6.56. The summed E-state index contributed by atoms with van der Waals surface area (Å²) in [6.45, 7) is 1.36. The third-order valence-corrected chi connectivity index (χ3v) is 4.79. The van der Waals surface area contributed by atoms with Gasteiger partial charge in [0.05, 0.1) is 16.4 Å². The Kier molecular flexibility index (Phi) is 5.41. The van der Waals surface area contributed by atoms with Crippen molar-refractivity contribution < 1.29 is 24.4 Å². The van der Waals surface area contributed by atoms with Crippen LogP contribution in [-0.2, 0) is 14.4 Å². The number of carbonyl (C=O) groups is 3. The minimum absolute atomic E-state index is 0.230. The predicted molar refractivity (Wildman–Crippen MR) is 91.2 cm³/mol. The van der Waals surface area contributed by atoms with Crippen molar-refractivity contribution in [1.82, 2.24) is 10.6 Å². The van der Waals surface area contributed by atoms with Crippen LogP contribution in [0.3, 0.4) is 0 Å². The number of ketones is 1. The number of nitro benzene ring substituents is 1. The highest BCUT2D eigenvalue weighted by molar-refractivity contribution is 6.05. The van der Waals surface area contributed by atoms with Gasteiger partial charge in [0.2, 0.25) is 11.8 Å². The highest BCUT2D eigenvalue weighted by Gasteiger charge is 2.55. The van der Waals surface area contributed by atoms with E-state index in [1.54, 1.807) is 0 Å². The van der Waals surface area contributed by atoms with Crippen LogP contribution >= 0.6 is 0 Å². The molecule has 1 aromatic rings. The summed E-state index contributed by atoms with van der Waals surface area (Å²) < 4.78 is 0. The van der Waals surface area contributed by atoms with E-state index in [0.29, 0.717) is 0 Å². The molecule has 2 amide bonds. The quantitative estimate of drug-likeness (QED) is 0.395. The Balaban J connectivity index is 2.69. The van der Waals surface area contributed by atoms with Gasteiger partial charge in [-0.25, -0.2) is 0 Å². The number of hydrogen-bond acceptors (Lipinski definition) is 6. The summed E-state index contributed by atoms with van der Waals surface area (Å²) in [5.41, 5.74) is -1.65. The van der Waals surface area contributed by atoms with Gasteiger partial charge in [0.1, 0.15) is 11.7 Å². The Labute approximate surface area is 149 Å². The Morgan fingerprint density at radius 3 is 2.42 bits per heavy atom. The lowest BCUT2D eigenvalue weighted by Gasteiger charge is -2.44. The normalized spacial score (nSPS) is 28.3. The van der Waals surface area contributed by atoms with Crippen molar-refractivity contribution in [2.24, 2.45) is 11.8 Å². The van der Waals surface area contributed by atoms with Gasteiger partial charge in [-0.05, 0) is 12.5 Å². The zero-order chi connectivity index (χ0) is 19.6. The zero-order valence-corrected chi connectivity index (χ0v) is 14.7. The summed E-state index contributed by atoms with van der Waals surface area (Å²) >= 11 is 0. The lowest BCUT2D eigenvalue weighted by Crippen LogP contribution is -2.57. The molecule has 1 aliphatic rings. The molecule has 1 fully saturated rings. The van der Waals surface area contributed by atoms with Crippen LogP contribution in [0.5, 0.6) is 0 Å². The molecule has 1 aromatic carbocycles. The number of Topliss-reactive ketones (excluding diaryl/α,β-unsaturated/α-hetero) is 1. The summed E-state index contributed by atoms with van der Waals surface area (Å²) in [6, 6.07) is 5.43. The monoisotopic (exact) mass is 363 g/mol. The van der Waals surface area contributed by atoms with Crippen LogP contribution in [0, 0.1) is 22.0 Å². The summed E-state index contributed by atoms with van der Waals surface area (Å²) in [6.07, 6.45) is -0.366. The second kappa shape index (κ2) is 7.20. The molecule has 0 unspecified atom stereocenters. The standard InChI is InChI=1S/C17H21N3O6/c1-17(24)8-11(21)13(15(22)18-2)12(14(17)16(23)19-3)9-5-4-6-10(7-9)20(25)26/h4-7,12-14,24H,8H2,1-3H3,(H,18,22)(H,19,23)/t12-,13-,14+,17-/m0/s1. The van der Waals surface area contributed by atoms with Crippen molar-refractivity contribution in [2.45, 2.75) is 24.9 Å². The van der Waals surface area contributed by atoms with E-state index in [1.165, 1.54) is 45.3 Å². The number of nitrogens with one attached hydrogen (secondary N) is 2. The van der Waals surface area contributed by atoms with Gasteiger partial charge in [-0.3, -0.25) is 24.5 Å². The molecule has 3 N–H and O–H groups in total. The molecule has 1 saturated carbocycles. The third kappa shape index (κ3) is 3.43. The molecule has 0 aromatic heterocycles. The number of amides is 2. The molecule has 9 nitrogen and oxygen atoms in total. The maximum Gasteiger partial charge on any atom is 0.269 e. The van der Waals surface area contributed by atoms with Crippen LogP contribution in [0.4, 0.5) is 5.69 Å². The fourth-order valence-corrected chi connectivity index (χ4v) is 3.65. The fourth-order valence-electron chi connectivity index (χ4n) is 3.65. The summed E-state index contributed by atoms with van der Waals surface area (Å²) in [5, 5.41) is 26.7. The number of nitrogens with zero attached hydrogens (tertiary/aromatic N) is 1. The van der Waals surface area contributed by atoms with E-state index >= 15 is 0 Å². The average molecular weight is 363 g/mol. The number of hydrogen-bond donors (Lipinski definition) is 3. The van der Waals surface area contributed by atoms with E-state index in [0.717, 1.165) is 0 Å². The Hall–Kier alpha value is -2.81. The van der Waals surface area contributed by atoms with E-state index in [2.05, 4.69) is 10.6 Å². The molecule has 0 heterocycles. The predicted octanol–water partition coefficient (Wildman–Crippen LogP) is 0.127. The van der Waals surface area contributed by atoms with Crippen LogP contribution in [0.25, 0.3) is 0 Å². The van der Waals surface area contributed by atoms with Gasteiger partial charge in [-0.1, -0.05) is 12.1 Å². The molecule has 0 bridgehead atoms. The van der Waals surface area contributed by atoms with Crippen LogP contribution in [0.2, 0.25) is 0 Å². The molecular weight excluding hydrogens is 342 g/mol. The lowest BCUT2D eigenvalue weighted by atomic mass is 9.61. The topological polar surface area (TPSA) is 139 Å². The van der Waals surface area contributed by atoms with Crippen molar-refractivity contribution >= 4 is 23.3 Å². The molecule has 4 atom stereocenters. The first-order valence-corrected chi connectivity index (χ1v) is 8.06. The Morgan fingerprint density at radius 1 is 1.27 bits per heavy atom. The molecule has 2 rings (SSSR count). The molecule has 140 valence electrons. The smallest absolute Gasteiger partial charge is 0.269 e. The lowest BCUT2D eigenvalue weighted by molar-refractivity contribution is -0.385. The number of carbonyl (C=O) groups excluding carboxylic acids is 3. The van der Waals surface area contributed by atoms with Crippen LogP contribution in [0.15, 0.2) is 24.3 Å². The zero-order valence-electron chi connectivity index (χ0n) is 14.7. The fraction of sp³-hybridized carbons (Fsp3) is 0.471. The third-order valence-electron chi connectivity index (χ3n) is 4.79. The molecule has 0 saturated heterocycles. The molecule has 26 heavy (non-hydrogen) atoms. The molecule has 9 heteroatoms. The number of aliphatic hydroxyl groups is 1. The number of benzene rings is 1. The highest BCUT2D eigenvalue weighted by Crippen LogP contribution is 2.46. The van der Waals surface area contributed by atoms with Gasteiger partial charge in [0, 0.05) is 38.6 Å². The van der Waals surface area contributed by atoms with Crippen molar-refractivity contribution in [3.05, 3.63) is 39.9 Å². The van der Waals surface area contributed by atoms with Gasteiger partial charge in [0.25, 0.3) is 5.69 Å². The largest absolute Gasteiger partial charge is 0.389 e. The minimum Gasteiger partial charge on any atom is -0.389 e. The van der Waals surface area contributed by atoms with Crippen molar-refractivity contribution in [3.8, 4) is 0 Å². The SMILES string of the molecule is CNC(=O)[C@H]1C(=O)C[C@](C)(O)[C@@H](C(=O)NC)[C@H]1c1cccc([N+](=O)[O-])c1. The summed E-state index contributed by atoms with van der Waals surface area (Å²) in [7, 11) is 2.75. The van der Waals surface area contributed by atoms with Crippen LogP contribution in [-0.4, -0.2) is 47.3 Å². The molecule has 0 spiro atoms. The molecule has 0 aliphatic heterocycles. The van der Waals surface area contributed by atoms with Crippen LogP contribution in [0.1, 0.15) is 24.8 Å². The van der Waals surface area contributed by atoms with Crippen LogP contribution < -0.4 is 10.6 Å². The number of rotatable bonds is 4. The maximum absolute atomic E-state index is 12.6. The molecule has 1 aliphatic carbocycles. The first-order valence-electron chi connectivity index (χ1n) is 8.06. The van der Waals surface area contributed by atoms with Gasteiger partial charge >= 0.3 is 0 Å². The van der Waals surface area contributed by atoms with Crippen molar-refractivity contribution in [3.63, 3.8) is 0 Å². The molecule has 0 radical (unpaired) electrons. The second-order valence-corrected chi connectivity index (χ2v) is 6.56. The summed E-state index contributed by atoms with van der Waals surface area (Å²) in [4.78, 5) is 48.0.